The molecule has 0 bridgehead atoms. The fraction of sp³-hybridized carbons (Fsp3) is 0.633. The fourth-order valence-electron chi connectivity index (χ4n) is 5.37. The second kappa shape index (κ2) is 16.8. The van der Waals surface area contributed by atoms with E-state index in [4.69, 9.17) is 0 Å². The van der Waals surface area contributed by atoms with Crippen LogP contribution in [0.2, 0.25) is 0 Å². The topological polar surface area (TPSA) is 146 Å². The molecule has 2 aliphatic rings. The van der Waals surface area contributed by atoms with Crippen LogP contribution in [0.3, 0.4) is 0 Å². The smallest absolute Gasteiger partial charge is 0.356 e. The number of urea groups is 1. The van der Waals surface area contributed by atoms with Crippen molar-refractivity contribution in [1.82, 2.24) is 26.6 Å². The van der Waals surface area contributed by atoms with Gasteiger partial charge in [0, 0.05) is 29.5 Å². The third-order valence-electron chi connectivity index (χ3n) is 7.70. The van der Waals surface area contributed by atoms with Gasteiger partial charge in [-0.1, -0.05) is 20.3 Å². The van der Waals surface area contributed by atoms with Crippen LogP contribution in [0.4, 0.5) is 22.4 Å². The number of benzene rings is 1. The molecule has 0 saturated carbocycles. The summed E-state index contributed by atoms with van der Waals surface area (Å²) in [6.07, 6.45) is 0.0155. The highest BCUT2D eigenvalue weighted by Crippen LogP contribution is 2.33. The third kappa shape index (κ3) is 11.2. The van der Waals surface area contributed by atoms with Crippen molar-refractivity contribution >= 4 is 41.8 Å². The second-order valence-corrected chi connectivity index (χ2v) is 13.1. The number of hydrogen-bond acceptors (Lipinski definition) is 6. The van der Waals surface area contributed by atoms with Crippen LogP contribution < -0.4 is 26.6 Å². The van der Waals surface area contributed by atoms with Crippen molar-refractivity contribution in [3.05, 3.63) is 35.1 Å². The van der Waals surface area contributed by atoms with E-state index < -0.39 is 47.0 Å². The number of fused-ring (bicyclic) bond motifs is 1. The Kier molecular flexibility index (Phi) is 13.5. The van der Waals surface area contributed by atoms with Gasteiger partial charge in [0.1, 0.15) is 18.1 Å². The summed E-state index contributed by atoms with van der Waals surface area (Å²) in [5, 5.41) is 14.0. The molecule has 5 amide bonds. The molecule has 250 valence electrons. The number of unbranched alkanes of at least 4 members (excludes halogenated alkanes) is 2. The summed E-state index contributed by atoms with van der Waals surface area (Å²) in [4.78, 5) is 60.9. The first-order valence-corrected chi connectivity index (χ1v) is 16.2. The fourth-order valence-corrected chi connectivity index (χ4v) is 6.91. The molecule has 2 heterocycles. The lowest BCUT2D eigenvalue weighted by atomic mass is 10.0. The Morgan fingerprint density at radius 1 is 1.09 bits per heavy atom. The van der Waals surface area contributed by atoms with E-state index in [1.807, 2.05) is 11.8 Å². The van der Waals surface area contributed by atoms with Crippen molar-refractivity contribution in [1.29, 1.82) is 0 Å². The Balaban J connectivity index is 1.36. The van der Waals surface area contributed by atoms with Crippen LogP contribution >= 0.6 is 11.8 Å². The average Bonchev–Trinajstić information content (AvgIpc) is 3.52. The quantitative estimate of drug-likeness (QED) is 0.0747. The number of rotatable bonds is 17. The summed E-state index contributed by atoms with van der Waals surface area (Å²) in [7, 11) is 0. The van der Waals surface area contributed by atoms with Crippen LogP contribution in [0.15, 0.2) is 18.2 Å². The molecule has 0 aliphatic carbocycles. The number of carbonyl (C=O) groups is 5. The highest BCUT2D eigenvalue weighted by atomic mass is 32.2. The summed E-state index contributed by atoms with van der Waals surface area (Å²) >= 11 is 1.84. The predicted octanol–water partition coefficient (Wildman–Crippen LogP) is 3.69. The molecule has 0 unspecified atom stereocenters. The van der Waals surface area contributed by atoms with Gasteiger partial charge in [0.2, 0.25) is 11.8 Å². The number of nitrogens with one attached hydrogen (secondary N) is 5. The molecule has 2 saturated heterocycles. The molecule has 3 rings (SSSR count). The van der Waals surface area contributed by atoms with Crippen LogP contribution in [-0.4, -0.2) is 71.8 Å². The van der Waals surface area contributed by atoms with Crippen LogP contribution in [0.5, 0.6) is 0 Å². The van der Waals surface area contributed by atoms with Gasteiger partial charge >= 0.3 is 12.2 Å². The number of amides is 5. The van der Waals surface area contributed by atoms with Gasteiger partial charge < -0.3 is 31.4 Å². The maximum atomic E-state index is 13.6. The van der Waals surface area contributed by atoms with Crippen LogP contribution in [0.25, 0.3) is 0 Å². The highest BCUT2D eigenvalue weighted by molar-refractivity contribution is 8.00. The predicted molar refractivity (Wildman–Crippen MR) is 161 cm³/mol. The number of thioether (sulfide) groups is 1. The van der Waals surface area contributed by atoms with Crippen LogP contribution in [0, 0.1) is 11.7 Å². The average molecular weight is 660 g/mol. The summed E-state index contributed by atoms with van der Waals surface area (Å²) < 4.78 is 52.9. The van der Waals surface area contributed by atoms with E-state index in [2.05, 4.69) is 26.6 Å². The Hall–Kier alpha value is -3.36. The number of aldehydes is 1. The van der Waals surface area contributed by atoms with Gasteiger partial charge in [-0.05, 0) is 62.6 Å². The molecule has 45 heavy (non-hydrogen) atoms. The van der Waals surface area contributed by atoms with Gasteiger partial charge in [-0.3, -0.25) is 14.4 Å². The molecule has 5 atom stereocenters. The molecule has 10 nitrogen and oxygen atoms in total. The maximum absolute atomic E-state index is 13.6. The first-order chi connectivity index (χ1) is 21.3. The summed E-state index contributed by atoms with van der Waals surface area (Å²) in [6, 6.07) is 0.0345. The van der Waals surface area contributed by atoms with E-state index in [0.717, 1.165) is 31.1 Å². The number of hydrogen-bond donors (Lipinski definition) is 5. The zero-order valence-corrected chi connectivity index (χ0v) is 26.1. The van der Waals surface area contributed by atoms with Crippen molar-refractivity contribution < 1.29 is 41.5 Å². The molecular formula is C30H41F4N5O5S. The van der Waals surface area contributed by atoms with Gasteiger partial charge in [0.25, 0.3) is 5.91 Å². The van der Waals surface area contributed by atoms with Crippen molar-refractivity contribution in [3.8, 4) is 0 Å². The van der Waals surface area contributed by atoms with Gasteiger partial charge in [-0.2, -0.15) is 24.9 Å². The normalized spacial score (nSPS) is 20.5. The molecule has 0 aromatic heterocycles. The zero-order valence-electron chi connectivity index (χ0n) is 25.3. The minimum Gasteiger partial charge on any atom is -0.356 e. The summed E-state index contributed by atoms with van der Waals surface area (Å²) in [5.41, 5.74) is -2.05. The van der Waals surface area contributed by atoms with E-state index in [1.165, 1.54) is 0 Å². The molecule has 0 radical (unpaired) electrons. The summed E-state index contributed by atoms with van der Waals surface area (Å²) in [6.45, 7) is 3.98. The van der Waals surface area contributed by atoms with E-state index >= 15 is 0 Å². The number of alkyl halides is 3. The Morgan fingerprint density at radius 2 is 1.84 bits per heavy atom. The van der Waals surface area contributed by atoms with Gasteiger partial charge in [-0.25, -0.2) is 9.18 Å². The highest BCUT2D eigenvalue weighted by Gasteiger charge is 2.42. The first kappa shape index (κ1) is 36.1. The minimum atomic E-state index is -5.00. The minimum absolute atomic E-state index is 0.0706. The van der Waals surface area contributed by atoms with Crippen molar-refractivity contribution in [2.24, 2.45) is 5.92 Å². The standard InChI is InChI=1S/C30H41F4N5O5S/c1-17(2)13-22(37-27(42)18-10-11-21(31)20(14-18)30(32,33)34)28(43)36-19(15-40)7-5-6-12-35-25(41)9-4-3-8-24-26-23(16-45-24)38-29(44)39-26/h10-11,14-15,17,19,22-24,26H,3-9,12-13,16H2,1-2H3,(H,35,41)(H,36,43)(H,37,42)(H2,38,39,44)/t19-,22-,23-,24-,26-/m0/s1. The molecule has 1 aromatic carbocycles. The van der Waals surface area contributed by atoms with E-state index in [0.29, 0.717) is 49.5 Å². The number of carbonyl (C=O) groups excluding carboxylic acids is 5. The van der Waals surface area contributed by atoms with Gasteiger partial charge in [-0.15, -0.1) is 0 Å². The zero-order chi connectivity index (χ0) is 33.1. The van der Waals surface area contributed by atoms with Crippen LogP contribution in [0.1, 0.15) is 81.1 Å². The lowest BCUT2D eigenvalue weighted by Crippen LogP contribution is -2.50. The number of halogens is 4. The second-order valence-electron chi connectivity index (χ2n) is 11.8. The van der Waals surface area contributed by atoms with E-state index in [-0.39, 0.29) is 42.8 Å². The molecule has 0 spiro atoms. The van der Waals surface area contributed by atoms with Gasteiger partial charge in [0.15, 0.2) is 0 Å². The Bertz CT molecular complexity index is 1220. The van der Waals surface area contributed by atoms with Crippen molar-refractivity contribution in [2.45, 2.75) is 101 Å². The Morgan fingerprint density at radius 3 is 2.53 bits per heavy atom. The third-order valence-corrected chi connectivity index (χ3v) is 9.21. The lowest BCUT2D eigenvalue weighted by Gasteiger charge is -2.22. The molecule has 2 aliphatic heterocycles. The SMILES string of the molecule is CC(C)C[C@H](NC(=O)c1ccc(F)c(C(F)(F)F)c1)C(=O)N[C@H](C=O)CCCCNC(=O)CCCC[C@@H]1SC[C@@H]2NC(=O)N[C@@H]21. The lowest BCUT2D eigenvalue weighted by molar-refractivity contribution is -0.140. The Labute approximate surface area is 264 Å². The van der Waals surface area contributed by atoms with Crippen molar-refractivity contribution in [3.63, 3.8) is 0 Å². The molecule has 15 heteroatoms. The van der Waals surface area contributed by atoms with E-state index in [9.17, 15) is 41.5 Å². The molecule has 2 fully saturated rings. The molecule has 5 N–H and O–H groups in total. The van der Waals surface area contributed by atoms with E-state index in [1.54, 1.807) is 13.8 Å². The van der Waals surface area contributed by atoms with Crippen LogP contribution in [-0.2, 0) is 20.6 Å². The maximum Gasteiger partial charge on any atom is 0.419 e. The largest absolute Gasteiger partial charge is 0.419 e. The monoisotopic (exact) mass is 659 g/mol. The first-order valence-electron chi connectivity index (χ1n) is 15.2. The van der Waals surface area contributed by atoms with Crippen molar-refractivity contribution in [2.75, 3.05) is 12.3 Å². The molecular weight excluding hydrogens is 618 g/mol. The molecule has 1 aromatic rings. The summed E-state index contributed by atoms with van der Waals surface area (Å²) in [5.74, 6) is -2.43. The van der Waals surface area contributed by atoms with Gasteiger partial charge in [0.05, 0.1) is 23.7 Å².